The Morgan fingerprint density at radius 2 is 2.18 bits per heavy atom. The summed E-state index contributed by atoms with van der Waals surface area (Å²) in [5, 5.41) is 16.5. The van der Waals surface area contributed by atoms with E-state index in [1.807, 2.05) is 0 Å². The summed E-state index contributed by atoms with van der Waals surface area (Å²) in [6.45, 7) is 1.83. The van der Waals surface area contributed by atoms with Crippen molar-refractivity contribution in [2.24, 2.45) is 5.16 Å². The van der Waals surface area contributed by atoms with Gasteiger partial charge >= 0.3 is 5.97 Å². The molecule has 0 fully saturated rings. The van der Waals surface area contributed by atoms with Crippen LogP contribution in [0.2, 0.25) is 15.2 Å². The van der Waals surface area contributed by atoms with E-state index in [0.717, 1.165) is 6.21 Å². The van der Waals surface area contributed by atoms with Gasteiger partial charge in [-0.3, -0.25) is 0 Å². The van der Waals surface area contributed by atoms with Gasteiger partial charge in [-0.15, -0.1) is 0 Å². The zero-order valence-electron chi connectivity index (χ0n) is 11.3. The summed E-state index contributed by atoms with van der Waals surface area (Å²) in [4.78, 5) is 11.9. The second kappa shape index (κ2) is 7.00. The van der Waals surface area contributed by atoms with E-state index >= 15 is 0 Å². The van der Waals surface area contributed by atoms with Crippen molar-refractivity contribution in [3.05, 3.63) is 44.7 Å². The molecular weight excluding hydrogens is 353 g/mol. The Kier molecular flexibility index (Phi) is 5.28. The van der Waals surface area contributed by atoms with Gasteiger partial charge < -0.3 is 9.94 Å². The summed E-state index contributed by atoms with van der Waals surface area (Å²) in [6, 6.07) is 4.71. The fraction of sp³-hybridized carbons (Fsp3) is 0.154. The minimum atomic E-state index is -0.692. The summed E-state index contributed by atoms with van der Waals surface area (Å²) in [5.74, 6) is -0.692. The van der Waals surface area contributed by atoms with Crippen LogP contribution in [0.1, 0.15) is 23.0 Å². The van der Waals surface area contributed by atoms with Crippen molar-refractivity contribution in [1.82, 2.24) is 9.78 Å². The van der Waals surface area contributed by atoms with Crippen LogP contribution in [0.3, 0.4) is 0 Å². The number of halogens is 3. The number of esters is 1. The zero-order chi connectivity index (χ0) is 16.3. The smallest absolute Gasteiger partial charge is 0.359 e. The Morgan fingerprint density at radius 3 is 2.77 bits per heavy atom. The first kappa shape index (κ1) is 16.6. The van der Waals surface area contributed by atoms with Crippen LogP contribution in [0.4, 0.5) is 0 Å². The number of carbonyl (C=O) groups excluding carboxylic acids is 1. The maximum absolute atomic E-state index is 11.9. The molecule has 0 aliphatic rings. The van der Waals surface area contributed by atoms with Gasteiger partial charge in [0, 0.05) is 5.02 Å². The lowest BCUT2D eigenvalue weighted by Gasteiger charge is -2.05. The summed E-state index contributed by atoms with van der Waals surface area (Å²) >= 11 is 18.2. The van der Waals surface area contributed by atoms with Crippen molar-refractivity contribution in [2.75, 3.05) is 6.61 Å². The maximum atomic E-state index is 11.9. The van der Waals surface area contributed by atoms with E-state index in [2.05, 4.69) is 10.3 Å². The largest absolute Gasteiger partial charge is 0.461 e. The van der Waals surface area contributed by atoms with Gasteiger partial charge in [-0.05, 0) is 25.1 Å². The topological polar surface area (TPSA) is 76.7 Å². The second-order valence-electron chi connectivity index (χ2n) is 4.03. The molecule has 6 nitrogen and oxygen atoms in total. The number of carbonyl (C=O) groups is 1. The van der Waals surface area contributed by atoms with Gasteiger partial charge in [-0.2, -0.15) is 5.10 Å². The van der Waals surface area contributed by atoms with Crippen LogP contribution in [0, 0.1) is 0 Å². The minimum Gasteiger partial charge on any atom is -0.461 e. The normalized spacial score (nSPS) is 11.1. The van der Waals surface area contributed by atoms with Gasteiger partial charge in [0.1, 0.15) is 5.15 Å². The number of benzene rings is 1. The molecule has 9 heteroatoms. The molecule has 0 unspecified atom stereocenters. The number of hydrogen-bond donors (Lipinski definition) is 1. The van der Waals surface area contributed by atoms with Gasteiger partial charge in [-0.25, -0.2) is 9.48 Å². The predicted molar refractivity (Wildman–Crippen MR) is 83.9 cm³/mol. The van der Waals surface area contributed by atoms with E-state index in [0.29, 0.717) is 15.7 Å². The van der Waals surface area contributed by atoms with Gasteiger partial charge in [0.2, 0.25) is 0 Å². The first-order chi connectivity index (χ1) is 10.5. The molecule has 0 atom stereocenters. The molecule has 0 saturated carbocycles. The van der Waals surface area contributed by atoms with Crippen LogP contribution in [0.25, 0.3) is 5.69 Å². The monoisotopic (exact) mass is 361 g/mol. The molecule has 22 heavy (non-hydrogen) atoms. The molecule has 116 valence electrons. The zero-order valence-corrected chi connectivity index (χ0v) is 13.5. The van der Waals surface area contributed by atoms with Crippen molar-refractivity contribution in [2.45, 2.75) is 6.92 Å². The van der Waals surface area contributed by atoms with E-state index in [-0.39, 0.29) is 23.0 Å². The first-order valence-corrected chi connectivity index (χ1v) is 7.21. The molecule has 1 aromatic heterocycles. The number of hydrogen-bond acceptors (Lipinski definition) is 5. The van der Waals surface area contributed by atoms with Crippen LogP contribution in [0.15, 0.2) is 23.4 Å². The number of ether oxygens (including phenoxy) is 1. The average Bonchev–Trinajstić information content (AvgIpc) is 2.78. The van der Waals surface area contributed by atoms with Crippen LogP contribution >= 0.6 is 34.8 Å². The summed E-state index contributed by atoms with van der Waals surface area (Å²) < 4.78 is 6.14. The van der Waals surface area contributed by atoms with Crippen molar-refractivity contribution < 1.29 is 14.7 Å². The Bertz CT molecular complexity index is 744. The molecule has 0 aliphatic heterocycles. The Labute approximate surface area is 140 Å². The number of nitrogens with zero attached hydrogens (tertiary/aromatic N) is 3. The van der Waals surface area contributed by atoms with Crippen molar-refractivity contribution in [1.29, 1.82) is 0 Å². The van der Waals surface area contributed by atoms with Crippen LogP contribution in [-0.2, 0) is 4.74 Å². The van der Waals surface area contributed by atoms with Gasteiger partial charge in [0.05, 0.1) is 29.1 Å². The van der Waals surface area contributed by atoms with Crippen LogP contribution < -0.4 is 0 Å². The van der Waals surface area contributed by atoms with Crippen LogP contribution in [0.5, 0.6) is 0 Å². The van der Waals surface area contributed by atoms with Crippen molar-refractivity contribution in [3.63, 3.8) is 0 Å². The molecule has 2 rings (SSSR count). The standard InChI is InChI=1S/C13H10Cl3N3O3/c1-2-22-13(20)11-8(6-17-21)12(16)19(18-11)10-4-3-7(14)5-9(10)15/h3-6,21H,2H2,1H3/b17-6-. The second-order valence-corrected chi connectivity index (χ2v) is 5.23. The Hall–Kier alpha value is -1.76. The lowest BCUT2D eigenvalue weighted by molar-refractivity contribution is 0.0519. The fourth-order valence-electron chi connectivity index (χ4n) is 1.74. The molecule has 0 amide bonds. The highest BCUT2D eigenvalue weighted by Gasteiger charge is 2.23. The molecule has 0 bridgehead atoms. The lowest BCUT2D eigenvalue weighted by Crippen LogP contribution is -2.08. The lowest BCUT2D eigenvalue weighted by atomic mass is 10.2. The van der Waals surface area contributed by atoms with E-state index in [4.69, 9.17) is 44.7 Å². The highest BCUT2D eigenvalue weighted by Crippen LogP contribution is 2.29. The van der Waals surface area contributed by atoms with Gasteiger partial charge in [-0.1, -0.05) is 40.0 Å². The third kappa shape index (κ3) is 3.19. The van der Waals surface area contributed by atoms with E-state index < -0.39 is 5.97 Å². The molecule has 0 radical (unpaired) electrons. The molecule has 2 aromatic rings. The Morgan fingerprint density at radius 1 is 1.45 bits per heavy atom. The average molecular weight is 363 g/mol. The van der Waals surface area contributed by atoms with Gasteiger partial charge in [0.25, 0.3) is 0 Å². The number of oxime groups is 1. The molecule has 1 heterocycles. The third-order valence-corrected chi connectivity index (χ3v) is 3.56. The highest BCUT2D eigenvalue weighted by atomic mass is 35.5. The number of aromatic nitrogens is 2. The molecule has 0 aliphatic carbocycles. The van der Waals surface area contributed by atoms with Crippen molar-refractivity contribution in [3.8, 4) is 5.69 Å². The summed E-state index contributed by atoms with van der Waals surface area (Å²) in [6.07, 6.45) is 1.00. The van der Waals surface area contributed by atoms with Crippen molar-refractivity contribution >= 4 is 47.0 Å². The molecule has 0 saturated heterocycles. The maximum Gasteiger partial charge on any atom is 0.359 e. The molecular formula is C13H10Cl3N3O3. The van der Waals surface area contributed by atoms with E-state index in [1.165, 1.54) is 10.7 Å². The number of rotatable bonds is 4. The summed E-state index contributed by atoms with van der Waals surface area (Å²) in [7, 11) is 0. The molecule has 0 spiro atoms. The van der Waals surface area contributed by atoms with Gasteiger partial charge in [0.15, 0.2) is 5.69 Å². The van der Waals surface area contributed by atoms with E-state index in [1.54, 1.807) is 19.1 Å². The van der Waals surface area contributed by atoms with Crippen LogP contribution in [-0.4, -0.2) is 33.8 Å². The van der Waals surface area contributed by atoms with E-state index in [9.17, 15) is 4.79 Å². The molecule has 1 aromatic carbocycles. The summed E-state index contributed by atoms with van der Waals surface area (Å²) in [5.41, 5.74) is 0.448. The Balaban J connectivity index is 2.62. The predicted octanol–water partition coefficient (Wildman–Crippen LogP) is 3.82. The quantitative estimate of drug-likeness (QED) is 0.388. The minimum absolute atomic E-state index is 0.0464. The highest BCUT2D eigenvalue weighted by molar-refractivity contribution is 6.36. The fourth-order valence-corrected chi connectivity index (χ4v) is 2.50. The third-order valence-electron chi connectivity index (χ3n) is 2.66. The SMILES string of the molecule is CCOC(=O)c1nn(-c2ccc(Cl)cc2Cl)c(Cl)c1/C=N\O. The first-order valence-electron chi connectivity index (χ1n) is 6.08. The molecule has 1 N–H and O–H groups in total.